The highest BCUT2D eigenvalue weighted by molar-refractivity contribution is 8.76. The molecule has 0 saturated carbocycles. The molecule has 32 heteroatoms. The number of phenols is 1. The van der Waals surface area contributed by atoms with E-state index in [4.69, 9.17) is 11.5 Å². The summed E-state index contributed by atoms with van der Waals surface area (Å²) in [5.74, 6) is -4.82. The molecule has 18 N–H and O–H groups in total. The number of nitrogens with two attached hydrogens (primary N) is 2. The second-order valence-electron chi connectivity index (χ2n) is 32.3. The van der Waals surface area contributed by atoms with Gasteiger partial charge in [-0.15, -0.1) is 0 Å². The minimum Gasteiger partial charge on any atom is -0.508 e. The molecular weight excluding hydrogens is 1580 g/mol. The molecule has 3 aliphatic heterocycles. The largest absolute Gasteiger partial charge is 0.508 e. The predicted octanol–water partition coefficient (Wildman–Crippen LogP) is 5.93. The number of rotatable bonds is 33. The Kier molecular flexibility index (Phi) is 31.8. The maximum atomic E-state index is 15.6. The highest BCUT2D eigenvalue weighted by atomic mass is 33.1. The van der Waals surface area contributed by atoms with E-state index in [1.54, 1.807) is 37.0 Å². The number of likely N-dealkylation sites (tertiary alicyclic amines) is 2. The number of aliphatic hydroxyl groups is 1. The Morgan fingerprint density at radius 2 is 1.17 bits per heavy atom. The molecule has 5 aliphatic rings. The van der Waals surface area contributed by atoms with Crippen LogP contribution in [0.1, 0.15) is 144 Å². The highest BCUT2D eigenvalue weighted by Gasteiger charge is 2.44. The lowest BCUT2D eigenvalue weighted by Crippen LogP contribution is -2.61. The Bertz CT molecular complexity index is 4660. The van der Waals surface area contributed by atoms with Crippen LogP contribution in [0.3, 0.4) is 0 Å². The number of benzene rings is 4. The summed E-state index contributed by atoms with van der Waals surface area (Å²) in [6, 6.07) is 15.8. The van der Waals surface area contributed by atoms with Gasteiger partial charge < -0.3 is 84.5 Å². The number of aliphatic hydroxyl groups excluding tert-OH is 1. The van der Waals surface area contributed by atoms with E-state index in [2.05, 4.69) is 135 Å². The first-order chi connectivity index (χ1) is 57.1. The Morgan fingerprint density at radius 3 is 1.78 bits per heavy atom. The summed E-state index contributed by atoms with van der Waals surface area (Å²) in [4.78, 5) is 161. The van der Waals surface area contributed by atoms with Gasteiger partial charge in [-0.25, -0.2) is 0 Å². The van der Waals surface area contributed by atoms with Gasteiger partial charge in [-0.2, -0.15) is 23.5 Å². The zero-order chi connectivity index (χ0) is 83.5. The molecular formula is C86H116N16O12S4. The molecule has 15 unspecified atom stereocenters. The van der Waals surface area contributed by atoms with Crippen molar-refractivity contribution in [2.24, 2.45) is 23.3 Å². The van der Waals surface area contributed by atoms with E-state index in [1.807, 2.05) is 24.3 Å². The maximum Gasteiger partial charge on any atom is 0.244 e. The number of aromatic nitrogens is 3. The van der Waals surface area contributed by atoms with Crippen molar-refractivity contribution in [3.8, 4) is 5.75 Å². The van der Waals surface area contributed by atoms with Crippen LogP contribution in [0, 0.1) is 11.8 Å². The van der Waals surface area contributed by atoms with Gasteiger partial charge in [-0.3, -0.25) is 57.7 Å². The molecule has 0 spiro atoms. The third-order valence-electron chi connectivity index (χ3n) is 23.7. The molecule has 0 radical (unpaired) electrons. The Morgan fingerprint density at radius 1 is 0.610 bits per heavy atom. The number of phenolic OH excluding ortho intramolecular Hbond substituents is 1. The number of H-pyrrole nitrogens is 3. The fourth-order valence-corrected chi connectivity index (χ4v) is 22.1. The number of nitrogens with one attached hydrogen (secondary N) is 12. The second-order valence-corrected chi connectivity index (χ2v) is 36.9. The van der Waals surface area contributed by atoms with Crippen LogP contribution in [0.15, 0.2) is 104 Å². The van der Waals surface area contributed by atoms with Crippen LogP contribution in [0.2, 0.25) is 0 Å². The number of carbonyl (C=O) groups is 10. The maximum absolute atomic E-state index is 15.6. The van der Waals surface area contributed by atoms with Crippen LogP contribution in [0.4, 0.5) is 0 Å². The molecule has 7 aromatic rings. The summed E-state index contributed by atoms with van der Waals surface area (Å²) in [7, 11) is 2.00. The molecule has 28 nitrogen and oxygen atoms in total. The van der Waals surface area contributed by atoms with Crippen LogP contribution in [0.5, 0.6) is 5.75 Å². The molecule has 3 fully saturated rings. The van der Waals surface area contributed by atoms with Gasteiger partial charge in [-0.05, 0) is 197 Å². The number of aromatic amines is 3. The number of hydrogen-bond acceptors (Lipinski definition) is 19. The van der Waals surface area contributed by atoms with Crippen LogP contribution in [0.25, 0.3) is 32.7 Å². The Labute approximate surface area is 705 Å². The summed E-state index contributed by atoms with van der Waals surface area (Å²) in [5.41, 5.74) is 21.2. The lowest BCUT2D eigenvalue weighted by Gasteiger charge is -2.47. The molecule has 3 aromatic heterocycles. The number of amides is 10. The minimum absolute atomic E-state index is 0.00921. The smallest absolute Gasteiger partial charge is 0.244 e. The lowest BCUT2D eigenvalue weighted by atomic mass is 9.72. The van der Waals surface area contributed by atoms with Crippen LogP contribution in [-0.2, 0) is 73.6 Å². The van der Waals surface area contributed by atoms with Gasteiger partial charge >= 0.3 is 0 Å². The number of thioether (sulfide) groups is 2. The normalized spacial score (nSPS) is 24.4. The van der Waals surface area contributed by atoms with E-state index in [-0.39, 0.29) is 85.8 Å². The van der Waals surface area contributed by atoms with E-state index < -0.39 is 108 Å². The number of para-hydroxylation sites is 1. The minimum atomic E-state index is -1.60. The van der Waals surface area contributed by atoms with Gasteiger partial charge in [0.25, 0.3) is 0 Å². The molecule has 15 atom stereocenters. The number of primary amides is 1. The summed E-state index contributed by atoms with van der Waals surface area (Å²) in [6.07, 6.45) is 11.9. The number of hydrogen-bond donors (Lipinski definition) is 16. The van der Waals surface area contributed by atoms with Gasteiger partial charge in [0.05, 0.1) is 17.6 Å². The van der Waals surface area contributed by atoms with Crippen LogP contribution in [-0.4, -0.2) is 234 Å². The molecule has 118 heavy (non-hydrogen) atoms. The van der Waals surface area contributed by atoms with Crippen molar-refractivity contribution in [2.75, 3.05) is 73.8 Å². The number of aromatic hydroxyl groups is 1. The zero-order valence-corrected chi connectivity index (χ0v) is 71.0. The molecule has 636 valence electrons. The average molecular weight is 1690 g/mol. The van der Waals surface area contributed by atoms with Crippen molar-refractivity contribution in [2.45, 2.75) is 202 Å². The van der Waals surface area contributed by atoms with Crippen molar-refractivity contribution in [1.82, 2.24) is 72.6 Å². The standard InChI is InChI=1S/C86H116N16O12S4/c1-5-30-101-41-51(32-60-58-17-14-22-64-76(58)54(39-91-64)36-72(60)101)43-115-47-74(105)89-29-13-11-21-66(93-75(106)48-116-44-52-33-61-59-18-15-23-65-77(59)55(40-92-65)37-73(61)102(42-52)31-6-2)81(109)99-70-45-117-118-46-71(86(114)100-78(49(4)103)79(88)107)98-80(108)62(7-3)94-82(110)67(20-10-12-28-87)95-84(112)69(35-53-38-90-63-19-9-8-16-57(53)63)97-83(111)68(96-85(70)113)34-50-24-26-56(104)27-25-50/h8-9,14-19,22-27,38-40,49,51-52,60-62,66-73,78,90-92,103-104H,5-7,10-13,20-21,28-37,41-48,87H2,1-4H3,(H2,88,107)(H,89,105)(H,93,106)(H,94,110)(H,95,112)(H,96,113)(H,97,111)(H,98,108)(H,99,109)(H,100,114). The van der Waals surface area contributed by atoms with Crippen LogP contribution >= 0.6 is 45.1 Å². The van der Waals surface area contributed by atoms with Crippen molar-refractivity contribution >= 4 is 137 Å². The number of fused-ring (bicyclic) bond motifs is 5. The summed E-state index contributed by atoms with van der Waals surface area (Å²) in [5, 5.41) is 49.9. The van der Waals surface area contributed by atoms with Crippen LogP contribution < -0.4 is 59.3 Å². The SMILES string of the molecule is CCCN1CC(CSCC(=O)NCCCCC(NC(=O)CSCC2CC3c4cccc5[nH]cc(c45)CC3N(CCC)C2)C(=O)NC2CSSCC(C(=O)NC(C(N)=O)C(C)O)NC(=O)C(CC)NC(=O)C(CCCCN)NC(=O)C(Cc3c[nH]c4ccccc34)NC(=O)C(Cc3ccc(O)cc3)NC2=O)CC2c3cccc4[nH]cc(c34)CC21. The average Bonchev–Trinajstić information content (AvgIpc) is 1.51. The van der Waals surface area contributed by atoms with Crippen molar-refractivity contribution < 1.29 is 58.2 Å². The van der Waals surface area contributed by atoms with Gasteiger partial charge in [0.2, 0.25) is 59.1 Å². The Hall–Kier alpha value is -8.76. The lowest BCUT2D eigenvalue weighted by molar-refractivity contribution is -0.135. The molecule has 12 rings (SSSR count). The topological polar surface area (TPSA) is 425 Å². The fourth-order valence-electron chi connectivity index (χ4n) is 17.9. The third kappa shape index (κ3) is 22.6. The van der Waals surface area contributed by atoms with Crippen molar-refractivity contribution in [3.05, 3.63) is 137 Å². The first-order valence-corrected chi connectivity index (χ1v) is 46.6. The molecule has 3 saturated heterocycles. The quantitative estimate of drug-likeness (QED) is 0.0167. The third-order valence-corrected chi connectivity index (χ3v) is 28.4. The molecule has 2 aliphatic carbocycles. The first-order valence-electron chi connectivity index (χ1n) is 41.8. The molecule has 6 heterocycles. The molecule has 10 amide bonds. The van der Waals surface area contributed by atoms with Gasteiger partial charge in [0.1, 0.15) is 54.1 Å². The van der Waals surface area contributed by atoms with Gasteiger partial charge in [0.15, 0.2) is 0 Å². The van der Waals surface area contributed by atoms with Gasteiger partial charge in [-0.1, -0.05) is 97.0 Å². The summed E-state index contributed by atoms with van der Waals surface area (Å²) in [6.45, 7) is 11.7. The zero-order valence-electron chi connectivity index (χ0n) is 67.7. The number of nitrogens with zero attached hydrogens (tertiary/aromatic N) is 2. The van der Waals surface area contributed by atoms with Crippen molar-refractivity contribution in [1.29, 1.82) is 0 Å². The number of carbonyl (C=O) groups excluding carboxylic acids is 10. The van der Waals surface area contributed by atoms with E-state index in [0.29, 0.717) is 72.4 Å². The fraction of sp³-hybridized carbons (Fsp3) is 0.535. The van der Waals surface area contributed by atoms with E-state index in [1.165, 1.54) is 69.4 Å². The molecule has 0 bridgehead atoms. The summed E-state index contributed by atoms with van der Waals surface area (Å²) >= 11 is 3.14. The number of piperidine rings is 2. The number of unbranched alkanes of at least 4 members (excludes halogenated alkanes) is 2. The first kappa shape index (κ1) is 88.5. The monoisotopic (exact) mass is 1690 g/mol. The van der Waals surface area contributed by atoms with Crippen molar-refractivity contribution in [3.63, 3.8) is 0 Å². The van der Waals surface area contributed by atoms with Gasteiger partial charge in [0, 0.05) is 119 Å². The van der Waals surface area contributed by atoms with E-state index >= 15 is 19.2 Å². The predicted molar refractivity (Wildman–Crippen MR) is 467 cm³/mol. The Balaban J connectivity index is 0.794. The second kappa shape index (κ2) is 42.5. The highest BCUT2D eigenvalue weighted by Crippen LogP contribution is 2.47. The summed E-state index contributed by atoms with van der Waals surface area (Å²) < 4.78 is 0. The van der Waals surface area contributed by atoms with E-state index in [0.717, 1.165) is 108 Å². The molecule has 4 aromatic carbocycles. The van der Waals surface area contributed by atoms with E-state index in [9.17, 15) is 39.0 Å².